The Morgan fingerprint density at radius 3 is 2.90 bits per heavy atom. The molecule has 4 heterocycles. The largest absolute Gasteiger partial charge is 0.353 e. The second-order valence-corrected chi connectivity index (χ2v) is 7.48. The van der Waals surface area contributed by atoms with Gasteiger partial charge in [-0.2, -0.15) is 13.8 Å². The zero-order chi connectivity index (χ0) is 19.8. The van der Waals surface area contributed by atoms with Gasteiger partial charge in [-0.1, -0.05) is 6.07 Å². The van der Waals surface area contributed by atoms with E-state index in [1.165, 1.54) is 0 Å². The van der Waals surface area contributed by atoms with Gasteiger partial charge in [-0.25, -0.2) is 9.97 Å². The molecule has 10 nitrogen and oxygen atoms in total. The van der Waals surface area contributed by atoms with E-state index in [1.54, 1.807) is 17.2 Å². The maximum atomic E-state index is 12.5. The Kier molecular flexibility index (Phi) is 4.52. The van der Waals surface area contributed by atoms with E-state index in [1.807, 2.05) is 25.2 Å². The minimum atomic E-state index is -0.0457. The molecule has 0 atom stereocenters. The highest BCUT2D eigenvalue weighted by Crippen LogP contribution is 2.23. The van der Waals surface area contributed by atoms with Crippen LogP contribution in [0.25, 0.3) is 22.1 Å². The van der Waals surface area contributed by atoms with Crippen LogP contribution in [0.5, 0.6) is 0 Å². The Labute approximate surface area is 170 Å². The summed E-state index contributed by atoms with van der Waals surface area (Å²) in [5.41, 5.74) is 3.07. The van der Waals surface area contributed by atoms with Gasteiger partial charge in [0.1, 0.15) is 23.2 Å². The molecule has 11 heteroatoms. The molecule has 3 aromatic heterocycles. The topological polar surface area (TPSA) is 105 Å². The van der Waals surface area contributed by atoms with E-state index < -0.39 is 0 Å². The molecule has 0 radical (unpaired) electrons. The molecule has 29 heavy (non-hydrogen) atoms. The molecular formula is C18H19N9OS. The van der Waals surface area contributed by atoms with E-state index in [0.717, 1.165) is 65.8 Å². The maximum absolute atomic E-state index is 12.5. The summed E-state index contributed by atoms with van der Waals surface area (Å²) >= 11 is 1.15. The average Bonchev–Trinajstić information content (AvgIpc) is 3.36. The summed E-state index contributed by atoms with van der Waals surface area (Å²) in [4.78, 5) is 25.7. The van der Waals surface area contributed by atoms with Crippen LogP contribution in [0.3, 0.4) is 0 Å². The van der Waals surface area contributed by atoms with Crippen LogP contribution in [0.1, 0.15) is 0 Å². The van der Waals surface area contributed by atoms with Gasteiger partial charge in [-0.3, -0.25) is 14.4 Å². The van der Waals surface area contributed by atoms with Crippen molar-refractivity contribution in [3.05, 3.63) is 30.7 Å². The molecule has 0 saturated carbocycles. The molecule has 1 fully saturated rings. The lowest BCUT2D eigenvalue weighted by Gasteiger charge is -2.35. The Hall–Kier alpha value is -3.18. The van der Waals surface area contributed by atoms with E-state index in [-0.39, 0.29) is 5.91 Å². The van der Waals surface area contributed by atoms with Gasteiger partial charge in [-0.15, -0.1) is 0 Å². The molecule has 5 rings (SSSR count). The number of fused-ring (bicyclic) bond motifs is 2. The summed E-state index contributed by atoms with van der Waals surface area (Å²) in [6, 6.07) is 5.62. The number of amides is 1. The van der Waals surface area contributed by atoms with E-state index in [4.69, 9.17) is 0 Å². The van der Waals surface area contributed by atoms with Crippen molar-refractivity contribution in [3.63, 3.8) is 0 Å². The van der Waals surface area contributed by atoms with Crippen molar-refractivity contribution in [2.45, 2.75) is 0 Å². The number of rotatable bonds is 4. The quantitative estimate of drug-likeness (QED) is 0.535. The van der Waals surface area contributed by atoms with E-state index in [2.05, 4.69) is 38.9 Å². The van der Waals surface area contributed by atoms with Gasteiger partial charge >= 0.3 is 0 Å². The van der Waals surface area contributed by atoms with Crippen LogP contribution in [0.15, 0.2) is 30.7 Å². The van der Waals surface area contributed by atoms with Crippen LogP contribution in [0, 0.1) is 0 Å². The van der Waals surface area contributed by atoms with E-state index >= 15 is 0 Å². The Morgan fingerprint density at radius 2 is 2.03 bits per heavy atom. The van der Waals surface area contributed by atoms with Gasteiger partial charge < -0.3 is 10.2 Å². The lowest BCUT2D eigenvalue weighted by molar-refractivity contribution is -0.117. The van der Waals surface area contributed by atoms with Crippen molar-refractivity contribution in [1.29, 1.82) is 0 Å². The second-order valence-electron chi connectivity index (χ2n) is 6.95. The van der Waals surface area contributed by atoms with E-state index in [0.29, 0.717) is 12.2 Å². The number of nitrogens with one attached hydrogen (secondary N) is 1. The lowest BCUT2D eigenvalue weighted by Crippen LogP contribution is -2.49. The van der Waals surface area contributed by atoms with Crippen LogP contribution >= 0.6 is 11.7 Å². The molecule has 1 aromatic carbocycles. The number of anilines is 2. The predicted octanol–water partition coefficient (Wildman–Crippen LogP) is 1.13. The SMILES string of the molecule is Cn1ncc2c(N3CCN(CC(=O)Nc4cccc5nsnc45)CC3)ncnc21. The molecule has 1 N–H and O–H groups in total. The van der Waals surface area contributed by atoms with Gasteiger partial charge in [0.2, 0.25) is 5.91 Å². The number of aryl methyl sites for hydroxylation is 1. The first-order chi connectivity index (χ1) is 14.2. The summed E-state index contributed by atoms with van der Waals surface area (Å²) in [5.74, 6) is 0.852. The average molecular weight is 409 g/mol. The first-order valence-corrected chi connectivity index (χ1v) is 10.0. The summed E-state index contributed by atoms with van der Waals surface area (Å²) < 4.78 is 10.2. The number of aromatic nitrogens is 6. The Bertz CT molecular complexity index is 1180. The van der Waals surface area contributed by atoms with E-state index in [9.17, 15) is 4.79 Å². The van der Waals surface area contributed by atoms with Crippen molar-refractivity contribution < 1.29 is 4.79 Å². The van der Waals surface area contributed by atoms with Crippen molar-refractivity contribution in [2.75, 3.05) is 42.9 Å². The number of nitrogens with zero attached hydrogens (tertiary/aromatic N) is 8. The Morgan fingerprint density at radius 1 is 1.17 bits per heavy atom. The standard InChI is InChI=1S/C18H19N9OS/c1-25-17-12(9-21-25)18(20-11-19-17)27-7-5-26(6-8-27)10-15(28)22-13-3-2-4-14-16(13)24-29-23-14/h2-4,9,11H,5-8,10H2,1H3,(H,22,28). The molecule has 0 aliphatic carbocycles. The normalized spacial score (nSPS) is 15.3. The minimum Gasteiger partial charge on any atom is -0.353 e. The highest BCUT2D eigenvalue weighted by Gasteiger charge is 2.22. The molecule has 0 unspecified atom stereocenters. The molecule has 0 spiro atoms. The molecule has 0 bridgehead atoms. The minimum absolute atomic E-state index is 0.0457. The fraction of sp³-hybridized carbons (Fsp3) is 0.333. The molecule has 1 aliphatic rings. The third kappa shape index (κ3) is 3.38. The monoisotopic (exact) mass is 409 g/mol. The first-order valence-electron chi connectivity index (χ1n) is 9.30. The molecular weight excluding hydrogens is 390 g/mol. The molecule has 148 valence electrons. The molecule has 4 aromatic rings. The third-order valence-corrected chi connectivity index (χ3v) is 5.65. The Balaban J connectivity index is 1.22. The number of carbonyl (C=O) groups is 1. The van der Waals surface area contributed by atoms with Gasteiger partial charge in [0.15, 0.2) is 5.65 Å². The smallest absolute Gasteiger partial charge is 0.238 e. The van der Waals surface area contributed by atoms with Gasteiger partial charge in [0, 0.05) is 33.2 Å². The number of piperazine rings is 1. The number of hydrogen-bond acceptors (Lipinski definition) is 9. The summed E-state index contributed by atoms with van der Waals surface area (Å²) in [7, 11) is 1.87. The summed E-state index contributed by atoms with van der Waals surface area (Å²) in [6.07, 6.45) is 3.38. The fourth-order valence-electron chi connectivity index (χ4n) is 3.62. The fourth-order valence-corrected chi connectivity index (χ4v) is 4.17. The molecule has 1 amide bonds. The van der Waals surface area contributed by atoms with Crippen molar-refractivity contribution in [3.8, 4) is 0 Å². The van der Waals surface area contributed by atoms with Crippen LogP contribution in [0.2, 0.25) is 0 Å². The predicted molar refractivity (Wildman–Crippen MR) is 111 cm³/mol. The maximum Gasteiger partial charge on any atom is 0.238 e. The van der Waals surface area contributed by atoms with Crippen molar-refractivity contribution in [2.24, 2.45) is 7.05 Å². The van der Waals surface area contributed by atoms with Gasteiger partial charge in [0.25, 0.3) is 0 Å². The highest BCUT2D eigenvalue weighted by atomic mass is 32.1. The lowest BCUT2D eigenvalue weighted by atomic mass is 10.2. The summed E-state index contributed by atoms with van der Waals surface area (Å²) in [6.45, 7) is 3.48. The number of hydrogen-bond donors (Lipinski definition) is 1. The first kappa shape index (κ1) is 17.9. The van der Waals surface area contributed by atoms with Crippen molar-refractivity contribution in [1.82, 2.24) is 33.4 Å². The third-order valence-electron chi connectivity index (χ3n) is 5.11. The number of carbonyl (C=O) groups excluding carboxylic acids is 1. The highest BCUT2D eigenvalue weighted by molar-refractivity contribution is 7.00. The van der Waals surface area contributed by atoms with Crippen LogP contribution in [0.4, 0.5) is 11.5 Å². The van der Waals surface area contributed by atoms with Crippen LogP contribution in [-0.2, 0) is 11.8 Å². The summed E-state index contributed by atoms with van der Waals surface area (Å²) in [5, 5.41) is 8.20. The van der Waals surface area contributed by atoms with Crippen LogP contribution < -0.4 is 10.2 Å². The molecule has 1 saturated heterocycles. The number of benzene rings is 1. The zero-order valence-corrected chi connectivity index (χ0v) is 16.6. The molecule has 1 aliphatic heterocycles. The second kappa shape index (κ2) is 7.33. The van der Waals surface area contributed by atoms with Crippen LogP contribution in [-0.4, -0.2) is 72.0 Å². The zero-order valence-electron chi connectivity index (χ0n) is 15.8. The van der Waals surface area contributed by atoms with Crippen molar-refractivity contribution >= 4 is 51.2 Å². The van der Waals surface area contributed by atoms with Gasteiger partial charge in [0.05, 0.1) is 35.5 Å². The van der Waals surface area contributed by atoms with Gasteiger partial charge in [-0.05, 0) is 12.1 Å².